The van der Waals surface area contributed by atoms with Crippen LogP contribution in [-0.2, 0) is 0 Å². The van der Waals surface area contributed by atoms with Crippen LogP contribution in [0.15, 0.2) is 48.0 Å². The summed E-state index contributed by atoms with van der Waals surface area (Å²) in [5.74, 6) is 1.74. The van der Waals surface area contributed by atoms with Gasteiger partial charge in [-0.25, -0.2) is 4.98 Å². The van der Waals surface area contributed by atoms with E-state index in [1.54, 1.807) is 11.3 Å². The Hall–Kier alpha value is -1.91. The van der Waals surface area contributed by atoms with Gasteiger partial charge in [0.1, 0.15) is 11.9 Å². The lowest BCUT2D eigenvalue weighted by molar-refractivity contribution is -0.00775. The summed E-state index contributed by atoms with van der Waals surface area (Å²) in [5.41, 5.74) is 5.44. The number of nitrogens with zero attached hydrogens (tertiary/aromatic N) is 2. The molecule has 0 spiro atoms. The maximum Gasteiger partial charge on any atom is 0.119 e. The van der Waals surface area contributed by atoms with Crippen molar-refractivity contribution in [3.05, 3.63) is 48.0 Å². The van der Waals surface area contributed by atoms with Gasteiger partial charge in [-0.05, 0) is 67.2 Å². The van der Waals surface area contributed by atoms with E-state index in [4.69, 9.17) is 4.74 Å². The van der Waals surface area contributed by atoms with Gasteiger partial charge < -0.3 is 4.74 Å². The second kappa shape index (κ2) is 5.87. The number of fused-ring (bicyclic) bond motifs is 4. The zero-order valence-corrected chi connectivity index (χ0v) is 14.3. The molecule has 24 heavy (non-hydrogen) atoms. The molecule has 0 N–H and O–H groups in total. The summed E-state index contributed by atoms with van der Waals surface area (Å²) in [6, 6.07) is 15.0. The van der Waals surface area contributed by atoms with E-state index in [1.165, 1.54) is 41.8 Å². The maximum atomic E-state index is 6.29. The van der Waals surface area contributed by atoms with Crippen molar-refractivity contribution in [1.29, 1.82) is 0 Å². The summed E-state index contributed by atoms with van der Waals surface area (Å²) in [6.45, 7) is 3.60. The van der Waals surface area contributed by atoms with Gasteiger partial charge in [0.25, 0.3) is 0 Å². The Labute approximate surface area is 145 Å². The third kappa shape index (κ3) is 2.60. The van der Waals surface area contributed by atoms with E-state index in [9.17, 15) is 0 Å². The number of benzene rings is 2. The quantitative estimate of drug-likeness (QED) is 0.707. The van der Waals surface area contributed by atoms with Gasteiger partial charge in [-0.1, -0.05) is 18.2 Å². The van der Waals surface area contributed by atoms with Crippen molar-refractivity contribution in [1.82, 2.24) is 9.88 Å². The Morgan fingerprint density at radius 1 is 1.00 bits per heavy atom. The van der Waals surface area contributed by atoms with Crippen molar-refractivity contribution in [3.63, 3.8) is 0 Å². The Bertz CT molecular complexity index is 849. The van der Waals surface area contributed by atoms with E-state index in [1.807, 2.05) is 5.51 Å². The molecular weight excluding hydrogens is 316 g/mol. The number of rotatable bonds is 3. The van der Waals surface area contributed by atoms with E-state index >= 15 is 0 Å². The molecule has 1 unspecified atom stereocenters. The van der Waals surface area contributed by atoms with Crippen molar-refractivity contribution in [3.8, 4) is 16.9 Å². The molecule has 3 aliphatic heterocycles. The molecule has 122 valence electrons. The van der Waals surface area contributed by atoms with E-state index < -0.39 is 0 Å². The van der Waals surface area contributed by atoms with Gasteiger partial charge in [0.15, 0.2) is 0 Å². The molecule has 1 atom stereocenters. The lowest BCUT2D eigenvalue weighted by atomic mass is 9.86. The largest absolute Gasteiger partial charge is 0.489 e. The molecule has 0 radical (unpaired) electrons. The fourth-order valence-corrected chi connectivity index (χ4v) is 4.70. The number of hydrogen-bond donors (Lipinski definition) is 0. The third-order valence-corrected chi connectivity index (χ3v) is 6.19. The minimum atomic E-state index is 0.367. The highest BCUT2D eigenvalue weighted by molar-refractivity contribution is 7.16. The Morgan fingerprint density at radius 2 is 1.79 bits per heavy atom. The predicted molar refractivity (Wildman–Crippen MR) is 98.6 cm³/mol. The summed E-state index contributed by atoms with van der Waals surface area (Å²) >= 11 is 1.69. The van der Waals surface area contributed by atoms with Crippen LogP contribution in [0.3, 0.4) is 0 Å². The normalized spacial score (nSPS) is 25.9. The lowest BCUT2D eigenvalue weighted by Gasteiger charge is -2.44. The van der Waals surface area contributed by atoms with Gasteiger partial charge in [0.05, 0.1) is 15.7 Å². The monoisotopic (exact) mass is 336 g/mol. The molecule has 4 heteroatoms. The first kappa shape index (κ1) is 14.4. The molecule has 3 nitrogen and oxygen atoms in total. The molecule has 3 aliphatic rings. The van der Waals surface area contributed by atoms with Gasteiger partial charge in [-0.15, -0.1) is 11.3 Å². The zero-order chi connectivity index (χ0) is 15.9. The molecule has 1 aromatic heterocycles. The third-order valence-electron chi connectivity index (χ3n) is 5.40. The van der Waals surface area contributed by atoms with Crippen LogP contribution < -0.4 is 4.74 Å². The molecule has 6 rings (SSSR count). The Balaban J connectivity index is 1.35. The first-order valence-corrected chi connectivity index (χ1v) is 9.56. The number of aromatic nitrogens is 1. The lowest BCUT2D eigenvalue weighted by Crippen LogP contribution is -2.52. The van der Waals surface area contributed by atoms with Gasteiger partial charge in [-0.3, -0.25) is 4.90 Å². The van der Waals surface area contributed by atoms with Crippen LogP contribution in [0.25, 0.3) is 21.3 Å². The first-order valence-electron chi connectivity index (χ1n) is 8.68. The molecule has 3 saturated heterocycles. The van der Waals surface area contributed by atoms with Crippen molar-refractivity contribution in [2.24, 2.45) is 5.92 Å². The first-order chi connectivity index (χ1) is 11.8. The molecule has 0 amide bonds. The highest BCUT2D eigenvalue weighted by atomic mass is 32.1. The fourth-order valence-electron chi connectivity index (χ4n) is 3.98. The van der Waals surface area contributed by atoms with Crippen LogP contribution in [0.1, 0.15) is 12.8 Å². The number of hydrogen-bond acceptors (Lipinski definition) is 4. The smallest absolute Gasteiger partial charge is 0.119 e. The minimum absolute atomic E-state index is 0.367. The summed E-state index contributed by atoms with van der Waals surface area (Å²) in [5, 5.41) is 0. The number of piperidine rings is 3. The SMILES string of the molecule is c1nc2ccc(-c3ccc(OC4CN5CCC4CC5)cc3)cc2s1. The summed E-state index contributed by atoms with van der Waals surface area (Å²) in [4.78, 5) is 6.88. The van der Waals surface area contributed by atoms with Crippen LogP contribution in [0.4, 0.5) is 0 Å². The molecule has 2 aromatic carbocycles. The van der Waals surface area contributed by atoms with Gasteiger partial charge >= 0.3 is 0 Å². The van der Waals surface area contributed by atoms with Crippen LogP contribution in [0, 0.1) is 5.92 Å². The van der Waals surface area contributed by atoms with Crippen molar-refractivity contribution in [2.45, 2.75) is 18.9 Å². The van der Waals surface area contributed by atoms with Crippen LogP contribution in [-0.4, -0.2) is 35.6 Å². The Kier molecular flexibility index (Phi) is 3.53. The minimum Gasteiger partial charge on any atom is -0.489 e. The zero-order valence-electron chi connectivity index (χ0n) is 13.5. The van der Waals surface area contributed by atoms with E-state index in [-0.39, 0.29) is 0 Å². The number of thiazole rings is 1. The van der Waals surface area contributed by atoms with Crippen LogP contribution in [0.2, 0.25) is 0 Å². The second-order valence-corrected chi connectivity index (χ2v) is 7.74. The van der Waals surface area contributed by atoms with Crippen LogP contribution >= 0.6 is 11.3 Å². The Morgan fingerprint density at radius 3 is 2.54 bits per heavy atom. The molecule has 0 saturated carbocycles. The number of ether oxygens (including phenoxy) is 1. The fraction of sp³-hybridized carbons (Fsp3) is 0.350. The summed E-state index contributed by atoms with van der Waals surface area (Å²) in [7, 11) is 0. The van der Waals surface area contributed by atoms with Gasteiger partial charge in [0.2, 0.25) is 0 Å². The maximum absolute atomic E-state index is 6.29. The molecule has 4 heterocycles. The molecule has 0 aliphatic carbocycles. The van der Waals surface area contributed by atoms with Gasteiger partial charge in [-0.2, -0.15) is 0 Å². The van der Waals surface area contributed by atoms with Crippen molar-refractivity contribution >= 4 is 21.6 Å². The van der Waals surface area contributed by atoms with E-state index in [2.05, 4.69) is 52.3 Å². The molecular formula is C20H20N2OS. The highest BCUT2D eigenvalue weighted by Gasteiger charge is 2.35. The summed E-state index contributed by atoms with van der Waals surface area (Å²) in [6.07, 6.45) is 2.95. The van der Waals surface area contributed by atoms with Crippen molar-refractivity contribution in [2.75, 3.05) is 19.6 Å². The van der Waals surface area contributed by atoms with Gasteiger partial charge in [0, 0.05) is 6.54 Å². The van der Waals surface area contributed by atoms with E-state index in [0.717, 1.165) is 23.7 Å². The molecule has 3 aromatic rings. The van der Waals surface area contributed by atoms with Crippen LogP contribution in [0.5, 0.6) is 5.75 Å². The molecule has 2 bridgehead atoms. The average molecular weight is 336 g/mol. The summed E-state index contributed by atoms with van der Waals surface area (Å²) < 4.78 is 7.52. The predicted octanol–water partition coefficient (Wildman–Crippen LogP) is 4.44. The average Bonchev–Trinajstić information content (AvgIpc) is 3.11. The second-order valence-electron chi connectivity index (χ2n) is 6.85. The van der Waals surface area contributed by atoms with Crippen molar-refractivity contribution < 1.29 is 4.74 Å². The highest BCUT2D eigenvalue weighted by Crippen LogP contribution is 2.32. The molecule has 3 fully saturated rings. The standard InChI is InChI=1S/C20H20N2OS/c1-4-17(23-19-12-22-9-7-15(19)8-10-22)5-2-14(1)16-3-6-18-20(11-16)24-13-21-18/h1-6,11,13,15,19H,7-10,12H2. The topological polar surface area (TPSA) is 25.4 Å². The van der Waals surface area contributed by atoms with E-state index in [0.29, 0.717) is 6.10 Å².